The number of hydrogen-bond acceptors (Lipinski definition) is 2. The highest BCUT2D eigenvalue weighted by atomic mass is 16.5. The third-order valence-corrected chi connectivity index (χ3v) is 3.57. The predicted molar refractivity (Wildman–Crippen MR) is 67.7 cm³/mol. The second-order valence-corrected chi connectivity index (χ2v) is 4.90. The molecule has 2 nitrogen and oxygen atoms in total. The van der Waals surface area contributed by atoms with Crippen LogP contribution in [0.5, 0.6) is 0 Å². The number of carbonyl (C=O) groups excluding carboxylic acids is 1. The van der Waals surface area contributed by atoms with Gasteiger partial charge in [-0.25, -0.2) is 0 Å². The number of rotatable bonds is 4. The summed E-state index contributed by atoms with van der Waals surface area (Å²) in [6.07, 6.45) is 5.45. The van der Waals surface area contributed by atoms with Crippen molar-refractivity contribution in [3.05, 3.63) is 35.9 Å². The van der Waals surface area contributed by atoms with Crippen molar-refractivity contribution in [2.24, 2.45) is 5.92 Å². The highest BCUT2D eigenvalue weighted by Crippen LogP contribution is 2.29. The Hall–Kier alpha value is -1.31. The predicted octanol–water partition coefficient (Wildman–Crippen LogP) is 3.35. The van der Waals surface area contributed by atoms with E-state index in [1.807, 2.05) is 37.3 Å². The maximum atomic E-state index is 11.8. The molecule has 1 aliphatic carbocycles. The van der Waals surface area contributed by atoms with Gasteiger partial charge in [0.1, 0.15) is 6.10 Å². The lowest BCUT2D eigenvalue weighted by Crippen LogP contribution is -2.23. The lowest BCUT2D eigenvalue weighted by atomic mass is 10.0. The van der Waals surface area contributed by atoms with Gasteiger partial charge < -0.3 is 4.74 Å². The van der Waals surface area contributed by atoms with Crippen LogP contribution in [0.4, 0.5) is 0 Å². The Bertz CT molecular complexity index is 352. The molecular weight excluding hydrogens is 212 g/mol. The maximum Gasteiger partial charge on any atom is 0.310 e. The number of hydrogen-bond donors (Lipinski definition) is 0. The normalized spacial score (nSPS) is 17.9. The zero-order chi connectivity index (χ0) is 12.1. The van der Waals surface area contributed by atoms with Crippen LogP contribution in [-0.4, -0.2) is 12.1 Å². The van der Waals surface area contributed by atoms with Crippen molar-refractivity contribution in [2.45, 2.75) is 45.1 Å². The molecule has 0 amide bonds. The Morgan fingerprint density at radius 1 is 1.29 bits per heavy atom. The van der Waals surface area contributed by atoms with Crippen molar-refractivity contribution in [3.8, 4) is 0 Å². The standard InChI is InChI=1S/C15H20O2/c1-12(14-9-5-6-10-14)17-15(16)11-13-7-3-2-4-8-13/h2-4,7-8,12,14H,5-6,9-11H2,1H3. The average molecular weight is 232 g/mol. The SMILES string of the molecule is CC(OC(=O)Cc1ccccc1)C1CCCC1. The highest BCUT2D eigenvalue weighted by Gasteiger charge is 2.24. The molecule has 2 rings (SSSR count). The van der Waals surface area contributed by atoms with Crippen molar-refractivity contribution in [1.29, 1.82) is 0 Å². The summed E-state index contributed by atoms with van der Waals surface area (Å²) in [4.78, 5) is 11.8. The van der Waals surface area contributed by atoms with E-state index >= 15 is 0 Å². The molecule has 1 fully saturated rings. The van der Waals surface area contributed by atoms with E-state index in [0.29, 0.717) is 12.3 Å². The van der Waals surface area contributed by atoms with Crippen molar-refractivity contribution in [3.63, 3.8) is 0 Å². The van der Waals surface area contributed by atoms with E-state index in [4.69, 9.17) is 4.74 Å². The molecule has 0 spiro atoms. The molecule has 2 heteroatoms. The van der Waals surface area contributed by atoms with Gasteiger partial charge >= 0.3 is 5.97 Å². The Morgan fingerprint density at radius 3 is 2.59 bits per heavy atom. The summed E-state index contributed by atoms with van der Waals surface area (Å²) in [7, 11) is 0. The number of esters is 1. The van der Waals surface area contributed by atoms with Gasteiger partial charge in [-0.2, -0.15) is 0 Å². The quantitative estimate of drug-likeness (QED) is 0.744. The van der Waals surface area contributed by atoms with Crippen molar-refractivity contribution < 1.29 is 9.53 Å². The zero-order valence-electron chi connectivity index (χ0n) is 10.4. The second-order valence-electron chi connectivity index (χ2n) is 4.90. The van der Waals surface area contributed by atoms with E-state index in [0.717, 1.165) is 5.56 Å². The Balaban J connectivity index is 1.80. The van der Waals surface area contributed by atoms with E-state index in [2.05, 4.69) is 0 Å². The van der Waals surface area contributed by atoms with Crippen molar-refractivity contribution in [2.75, 3.05) is 0 Å². The second kappa shape index (κ2) is 5.85. The van der Waals surface area contributed by atoms with Crippen LogP contribution in [-0.2, 0) is 16.0 Å². The lowest BCUT2D eigenvalue weighted by molar-refractivity contribution is -0.149. The molecule has 0 bridgehead atoms. The lowest BCUT2D eigenvalue weighted by Gasteiger charge is -2.19. The average Bonchev–Trinajstić information content (AvgIpc) is 2.83. The first kappa shape index (κ1) is 12.2. The topological polar surface area (TPSA) is 26.3 Å². The molecule has 0 N–H and O–H groups in total. The Morgan fingerprint density at radius 2 is 1.94 bits per heavy atom. The van der Waals surface area contributed by atoms with Crippen LogP contribution >= 0.6 is 0 Å². The fourth-order valence-electron chi connectivity index (χ4n) is 2.53. The first-order valence-electron chi connectivity index (χ1n) is 6.49. The molecule has 0 aromatic heterocycles. The molecule has 1 aliphatic rings. The minimum atomic E-state index is -0.101. The molecule has 0 saturated heterocycles. The zero-order valence-corrected chi connectivity index (χ0v) is 10.4. The van der Waals surface area contributed by atoms with Crippen LogP contribution in [0.2, 0.25) is 0 Å². The summed E-state index contributed by atoms with van der Waals surface area (Å²) in [6.45, 7) is 2.03. The van der Waals surface area contributed by atoms with Gasteiger partial charge in [0.25, 0.3) is 0 Å². The van der Waals surface area contributed by atoms with Gasteiger partial charge in [0.15, 0.2) is 0 Å². The molecule has 1 unspecified atom stereocenters. The van der Waals surface area contributed by atoms with Gasteiger partial charge in [-0.1, -0.05) is 43.2 Å². The van der Waals surface area contributed by atoms with Crippen LogP contribution in [0.3, 0.4) is 0 Å². The fourth-order valence-corrected chi connectivity index (χ4v) is 2.53. The summed E-state index contributed by atoms with van der Waals surface area (Å²) in [5.74, 6) is 0.477. The van der Waals surface area contributed by atoms with Gasteiger partial charge in [0.05, 0.1) is 6.42 Å². The Labute approximate surface area is 103 Å². The number of benzene rings is 1. The molecule has 0 heterocycles. The minimum absolute atomic E-state index is 0.0775. The van der Waals surface area contributed by atoms with Crippen molar-refractivity contribution >= 4 is 5.97 Å². The van der Waals surface area contributed by atoms with Gasteiger partial charge in [-0.3, -0.25) is 4.79 Å². The molecule has 0 aliphatic heterocycles. The molecule has 1 aromatic carbocycles. The summed E-state index contributed by atoms with van der Waals surface area (Å²) in [6, 6.07) is 9.77. The summed E-state index contributed by atoms with van der Waals surface area (Å²) in [5.41, 5.74) is 1.02. The first-order chi connectivity index (χ1) is 8.25. The van der Waals surface area contributed by atoms with Crippen LogP contribution < -0.4 is 0 Å². The molecule has 0 radical (unpaired) electrons. The highest BCUT2D eigenvalue weighted by molar-refractivity contribution is 5.72. The third kappa shape index (κ3) is 3.58. The molecular formula is C15H20O2. The smallest absolute Gasteiger partial charge is 0.310 e. The van der Waals surface area contributed by atoms with Crippen LogP contribution in [0.1, 0.15) is 38.2 Å². The maximum absolute atomic E-state index is 11.8. The van der Waals surface area contributed by atoms with Gasteiger partial charge in [0.2, 0.25) is 0 Å². The molecule has 1 atom stereocenters. The van der Waals surface area contributed by atoms with Gasteiger partial charge in [-0.15, -0.1) is 0 Å². The summed E-state index contributed by atoms with van der Waals surface area (Å²) >= 11 is 0. The van der Waals surface area contributed by atoms with E-state index in [1.165, 1.54) is 25.7 Å². The van der Waals surface area contributed by atoms with E-state index < -0.39 is 0 Å². The van der Waals surface area contributed by atoms with E-state index in [9.17, 15) is 4.79 Å². The summed E-state index contributed by atoms with van der Waals surface area (Å²) in [5, 5.41) is 0. The largest absolute Gasteiger partial charge is 0.462 e. The van der Waals surface area contributed by atoms with Crippen LogP contribution in [0.15, 0.2) is 30.3 Å². The van der Waals surface area contributed by atoms with Crippen LogP contribution in [0, 0.1) is 5.92 Å². The van der Waals surface area contributed by atoms with Gasteiger partial charge in [0, 0.05) is 0 Å². The van der Waals surface area contributed by atoms with Crippen molar-refractivity contribution in [1.82, 2.24) is 0 Å². The Kier molecular flexibility index (Phi) is 4.18. The van der Waals surface area contributed by atoms with E-state index in [-0.39, 0.29) is 12.1 Å². The number of carbonyl (C=O) groups is 1. The van der Waals surface area contributed by atoms with Crippen LogP contribution in [0.25, 0.3) is 0 Å². The minimum Gasteiger partial charge on any atom is -0.462 e. The molecule has 92 valence electrons. The molecule has 17 heavy (non-hydrogen) atoms. The number of ether oxygens (including phenoxy) is 1. The fraction of sp³-hybridized carbons (Fsp3) is 0.533. The van der Waals surface area contributed by atoms with Gasteiger partial charge in [-0.05, 0) is 31.2 Å². The van der Waals surface area contributed by atoms with E-state index in [1.54, 1.807) is 0 Å². The summed E-state index contributed by atoms with van der Waals surface area (Å²) < 4.78 is 5.50. The molecule has 1 saturated carbocycles. The monoisotopic (exact) mass is 232 g/mol. The first-order valence-corrected chi connectivity index (χ1v) is 6.49. The third-order valence-electron chi connectivity index (χ3n) is 3.57. The molecule has 1 aromatic rings.